The number of hydrogen-bond donors (Lipinski definition) is 1. The lowest BCUT2D eigenvalue weighted by molar-refractivity contribution is 0.396. The Bertz CT molecular complexity index is 415. The molecule has 4 nitrogen and oxygen atoms in total. The van der Waals surface area contributed by atoms with Crippen LogP contribution in [-0.2, 0) is 0 Å². The zero-order chi connectivity index (χ0) is 11.5. The fraction of sp³-hybridized carbons (Fsp3) is 0.400. The lowest BCUT2D eigenvalue weighted by atomic mass is 10.3. The van der Waals surface area contributed by atoms with Crippen LogP contribution >= 0.6 is 10.0 Å². The fourth-order valence-corrected chi connectivity index (χ4v) is 1.24. The molecule has 0 fully saturated rings. The van der Waals surface area contributed by atoms with Gasteiger partial charge in [0.2, 0.25) is 11.8 Å². The molecular formula is C10H15N3OS. The molecule has 0 aliphatic rings. The summed E-state index contributed by atoms with van der Waals surface area (Å²) in [5.41, 5.74) is 6.11. The molecule has 0 saturated carbocycles. The van der Waals surface area contributed by atoms with Crippen molar-refractivity contribution in [2.75, 3.05) is 31.6 Å². The first kappa shape index (κ1) is 11.7. The maximum Gasteiger partial charge on any atom is 0.234 e. The number of rotatable bonds is 1. The van der Waals surface area contributed by atoms with Gasteiger partial charge in [-0.3, -0.25) is 0 Å². The predicted octanol–water partition coefficient (Wildman–Crippen LogP) is 1.07. The molecule has 1 aromatic heterocycles. The molecule has 0 atom stereocenters. The number of nitrogens with two attached hydrogens (primary N) is 1. The molecule has 0 aromatic carbocycles. The number of nitrogens with zero attached hydrogens (tertiary/aromatic N) is 2. The molecule has 0 spiro atoms. The molecule has 0 amide bonds. The number of methoxy groups -OCH3 is 1. The SMILES string of the molecule is COc1nc(N)ncc1C#CS(C)(C)C. The Hall–Kier alpha value is -1.41. The summed E-state index contributed by atoms with van der Waals surface area (Å²) in [5.74, 6) is 3.64. The van der Waals surface area contributed by atoms with Gasteiger partial charge in [-0.25, -0.2) is 4.98 Å². The Balaban J connectivity index is 3.08. The van der Waals surface area contributed by atoms with E-state index in [9.17, 15) is 0 Å². The van der Waals surface area contributed by atoms with Crippen LogP contribution in [0.4, 0.5) is 5.95 Å². The van der Waals surface area contributed by atoms with E-state index in [4.69, 9.17) is 10.5 Å². The Morgan fingerprint density at radius 2 is 2.07 bits per heavy atom. The van der Waals surface area contributed by atoms with Crippen molar-refractivity contribution in [2.45, 2.75) is 0 Å². The summed E-state index contributed by atoms with van der Waals surface area (Å²) in [6.45, 7) is 0. The lowest BCUT2D eigenvalue weighted by Crippen LogP contribution is -1.99. The monoisotopic (exact) mass is 225 g/mol. The van der Waals surface area contributed by atoms with E-state index >= 15 is 0 Å². The topological polar surface area (TPSA) is 61.0 Å². The third-order valence-electron chi connectivity index (χ3n) is 1.46. The molecule has 1 heterocycles. The molecule has 0 aliphatic heterocycles. The third kappa shape index (κ3) is 3.68. The van der Waals surface area contributed by atoms with E-state index in [1.54, 1.807) is 6.20 Å². The van der Waals surface area contributed by atoms with Crippen LogP contribution in [0.25, 0.3) is 0 Å². The second-order valence-electron chi connectivity index (χ2n) is 3.72. The van der Waals surface area contributed by atoms with Crippen molar-refractivity contribution in [1.29, 1.82) is 0 Å². The molecule has 0 saturated heterocycles. The highest BCUT2D eigenvalue weighted by Gasteiger charge is 2.04. The van der Waals surface area contributed by atoms with Crippen LogP contribution in [-0.4, -0.2) is 35.8 Å². The van der Waals surface area contributed by atoms with Crippen molar-refractivity contribution >= 4 is 16.0 Å². The smallest absolute Gasteiger partial charge is 0.234 e. The second kappa shape index (κ2) is 4.41. The molecule has 0 unspecified atom stereocenters. The number of nitrogen functional groups attached to an aromatic ring is 1. The van der Waals surface area contributed by atoms with Gasteiger partial charge in [-0.05, 0) is 29.9 Å². The van der Waals surface area contributed by atoms with Gasteiger partial charge in [0.25, 0.3) is 0 Å². The largest absolute Gasteiger partial charge is 0.480 e. The lowest BCUT2D eigenvalue weighted by Gasteiger charge is -2.14. The van der Waals surface area contributed by atoms with E-state index in [0.717, 1.165) is 0 Å². The number of ether oxygens (including phenoxy) is 1. The summed E-state index contributed by atoms with van der Waals surface area (Å²) in [6, 6.07) is 0. The van der Waals surface area contributed by atoms with Gasteiger partial charge in [0.15, 0.2) is 0 Å². The molecule has 0 radical (unpaired) electrons. The zero-order valence-electron chi connectivity index (χ0n) is 9.37. The van der Waals surface area contributed by atoms with Crippen LogP contribution in [0, 0.1) is 11.2 Å². The first-order chi connectivity index (χ1) is 6.92. The summed E-state index contributed by atoms with van der Waals surface area (Å²) in [7, 11) is 0.678. The van der Waals surface area contributed by atoms with Gasteiger partial charge < -0.3 is 10.5 Å². The van der Waals surface area contributed by atoms with Gasteiger partial charge in [0.1, 0.15) is 5.56 Å². The quantitative estimate of drug-likeness (QED) is 0.726. The molecule has 15 heavy (non-hydrogen) atoms. The second-order valence-corrected chi connectivity index (χ2v) is 7.59. The molecule has 82 valence electrons. The standard InChI is InChI=1S/C10H15N3OS/c1-14-9-8(5-6-15(2,3)4)7-12-10(11)13-9/h7H,1-4H3,(H2,11,12,13). The Labute approximate surface area is 91.6 Å². The van der Waals surface area contributed by atoms with E-state index in [1.165, 1.54) is 7.11 Å². The van der Waals surface area contributed by atoms with Crippen LogP contribution in [0.15, 0.2) is 6.20 Å². The molecule has 0 bridgehead atoms. The van der Waals surface area contributed by atoms with Gasteiger partial charge in [-0.15, -0.1) is 0 Å². The van der Waals surface area contributed by atoms with E-state index in [2.05, 4.69) is 39.9 Å². The summed E-state index contributed by atoms with van der Waals surface area (Å²) in [6.07, 6.45) is 7.93. The molecule has 2 N–H and O–H groups in total. The van der Waals surface area contributed by atoms with Gasteiger partial charge in [-0.2, -0.15) is 15.0 Å². The van der Waals surface area contributed by atoms with Crippen LogP contribution in [0.2, 0.25) is 0 Å². The minimum atomic E-state index is -0.861. The van der Waals surface area contributed by atoms with Crippen LogP contribution in [0.1, 0.15) is 5.56 Å². The van der Waals surface area contributed by atoms with E-state index in [1.807, 2.05) is 0 Å². The maximum atomic E-state index is 5.44. The van der Waals surface area contributed by atoms with E-state index in [0.29, 0.717) is 11.4 Å². The maximum absolute atomic E-state index is 5.44. The number of hydrogen-bond acceptors (Lipinski definition) is 4. The molecule has 5 heteroatoms. The summed E-state index contributed by atoms with van der Waals surface area (Å²) in [5, 5.41) is 3.16. The van der Waals surface area contributed by atoms with Crippen LogP contribution in [0.3, 0.4) is 0 Å². The van der Waals surface area contributed by atoms with Crippen molar-refractivity contribution in [3.05, 3.63) is 11.8 Å². The van der Waals surface area contributed by atoms with Gasteiger partial charge in [0, 0.05) is 0 Å². The Kier molecular flexibility index (Phi) is 3.43. The molecule has 1 rings (SSSR count). The number of aromatic nitrogens is 2. The molecular weight excluding hydrogens is 210 g/mol. The first-order valence-corrected chi connectivity index (χ1v) is 7.16. The minimum Gasteiger partial charge on any atom is -0.480 e. The average molecular weight is 225 g/mol. The van der Waals surface area contributed by atoms with Crippen molar-refractivity contribution in [2.24, 2.45) is 0 Å². The number of anilines is 1. The third-order valence-corrected chi connectivity index (χ3v) is 2.17. The van der Waals surface area contributed by atoms with Crippen molar-refractivity contribution in [3.63, 3.8) is 0 Å². The first-order valence-electron chi connectivity index (χ1n) is 4.30. The summed E-state index contributed by atoms with van der Waals surface area (Å²) < 4.78 is 5.07. The van der Waals surface area contributed by atoms with E-state index < -0.39 is 10.0 Å². The van der Waals surface area contributed by atoms with Crippen molar-refractivity contribution in [1.82, 2.24) is 9.97 Å². The average Bonchev–Trinajstić information content (AvgIpc) is 2.14. The van der Waals surface area contributed by atoms with E-state index in [-0.39, 0.29) is 5.95 Å². The van der Waals surface area contributed by atoms with Crippen LogP contribution in [0.5, 0.6) is 5.88 Å². The predicted molar refractivity (Wildman–Crippen MR) is 65.2 cm³/mol. The van der Waals surface area contributed by atoms with Gasteiger partial charge in [0.05, 0.1) is 13.3 Å². The summed E-state index contributed by atoms with van der Waals surface area (Å²) >= 11 is 0. The normalized spacial score (nSPS) is 11.5. The van der Waals surface area contributed by atoms with Crippen molar-refractivity contribution in [3.8, 4) is 17.1 Å². The molecule has 1 aromatic rings. The zero-order valence-corrected chi connectivity index (χ0v) is 10.2. The van der Waals surface area contributed by atoms with Gasteiger partial charge >= 0.3 is 0 Å². The highest BCUT2D eigenvalue weighted by atomic mass is 32.3. The highest BCUT2D eigenvalue weighted by Crippen LogP contribution is 2.32. The Morgan fingerprint density at radius 3 is 2.60 bits per heavy atom. The van der Waals surface area contributed by atoms with Gasteiger partial charge in [-0.1, -0.05) is 0 Å². The van der Waals surface area contributed by atoms with Crippen LogP contribution < -0.4 is 10.5 Å². The van der Waals surface area contributed by atoms with Crippen molar-refractivity contribution < 1.29 is 4.74 Å². The minimum absolute atomic E-state index is 0.195. The molecule has 0 aliphatic carbocycles. The highest BCUT2D eigenvalue weighted by molar-refractivity contribution is 8.35. The fourth-order valence-electron chi connectivity index (χ4n) is 0.828. The summed E-state index contributed by atoms with van der Waals surface area (Å²) in [4.78, 5) is 7.83. The Morgan fingerprint density at radius 1 is 1.40 bits per heavy atom.